The molecule has 7 nitrogen and oxygen atoms in total. The van der Waals surface area contributed by atoms with Crippen LogP contribution in [0.2, 0.25) is 0 Å². The number of hydrogen-bond acceptors (Lipinski definition) is 7. The minimum absolute atomic E-state index is 0.201. The quantitative estimate of drug-likeness (QED) is 0.581. The van der Waals surface area contributed by atoms with Crippen molar-refractivity contribution in [2.75, 3.05) is 33.3 Å². The minimum Gasteiger partial charge on any atom is -0.493 e. The summed E-state index contributed by atoms with van der Waals surface area (Å²) in [7, 11) is 4.72. The van der Waals surface area contributed by atoms with E-state index in [1.165, 1.54) is 0 Å². The van der Waals surface area contributed by atoms with Crippen molar-refractivity contribution in [1.82, 2.24) is 0 Å². The molecule has 148 valence electrons. The summed E-state index contributed by atoms with van der Waals surface area (Å²) in [6.07, 6.45) is 0. The van der Waals surface area contributed by atoms with Gasteiger partial charge >= 0.3 is 5.97 Å². The molecule has 0 saturated carbocycles. The lowest BCUT2D eigenvalue weighted by atomic mass is 10.1. The van der Waals surface area contributed by atoms with Gasteiger partial charge in [-0.15, -0.1) is 0 Å². The van der Waals surface area contributed by atoms with Gasteiger partial charge in [-0.2, -0.15) is 0 Å². The van der Waals surface area contributed by atoms with Crippen LogP contribution in [0.15, 0.2) is 40.8 Å². The lowest BCUT2D eigenvalue weighted by Gasteiger charge is -2.15. The number of furan rings is 1. The summed E-state index contributed by atoms with van der Waals surface area (Å²) in [4.78, 5) is 11.8. The molecule has 0 unspecified atom stereocenters. The molecule has 0 amide bonds. The van der Waals surface area contributed by atoms with Crippen LogP contribution in [0.1, 0.15) is 23.0 Å². The van der Waals surface area contributed by atoms with E-state index in [0.29, 0.717) is 36.0 Å². The molecule has 1 N–H and O–H groups in total. The van der Waals surface area contributed by atoms with Crippen molar-refractivity contribution in [2.24, 2.45) is 0 Å². The Morgan fingerprint density at radius 3 is 2.32 bits per heavy atom. The normalized spacial score (nSPS) is 10.6. The summed E-state index contributed by atoms with van der Waals surface area (Å²) in [5.41, 5.74) is 2.49. The molecule has 0 saturated heterocycles. The Morgan fingerprint density at radius 2 is 1.71 bits per heavy atom. The van der Waals surface area contributed by atoms with Crippen molar-refractivity contribution in [1.29, 1.82) is 0 Å². The highest BCUT2D eigenvalue weighted by molar-refractivity contribution is 5.92. The van der Waals surface area contributed by atoms with Crippen LogP contribution < -0.4 is 19.5 Å². The molecule has 28 heavy (non-hydrogen) atoms. The van der Waals surface area contributed by atoms with Gasteiger partial charge in [0.05, 0.1) is 27.9 Å². The third-order valence-electron chi connectivity index (χ3n) is 4.22. The Kier molecular flexibility index (Phi) is 5.93. The SMILES string of the molecule is CCOC(=O)c1cc2cc(CNc3cc(OC)c(OC)c(OC)c3)ccc2o1. The van der Waals surface area contributed by atoms with Gasteiger partial charge in [0.1, 0.15) is 5.58 Å². The largest absolute Gasteiger partial charge is 0.493 e. The molecule has 1 heterocycles. The van der Waals surface area contributed by atoms with E-state index in [4.69, 9.17) is 23.4 Å². The zero-order chi connectivity index (χ0) is 20.1. The second-order valence-corrected chi connectivity index (χ2v) is 5.97. The van der Waals surface area contributed by atoms with Crippen LogP contribution in [-0.2, 0) is 11.3 Å². The number of esters is 1. The molecule has 0 aliphatic carbocycles. The Morgan fingerprint density at radius 1 is 1.00 bits per heavy atom. The number of benzene rings is 2. The van der Waals surface area contributed by atoms with Gasteiger partial charge < -0.3 is 28.7 Å². The van der Waals surface area contributed by atoms with Gasteiger partial charge in [-0.05, 0) is 30.7 Å². The highest BCUT2D eigenvalue weighted by Crippen LogP contribution is 2.40. The number of fused-ring (bicyclic) bond motifs is 1. The topological polar surface area (TPSA) is 79.2 Å². The summed E-state index contributed by atoms with van der Waals surface area (Å²) < 4.78 is 26.6. The first-order valence-electron chi connectivity index (χ1n) is 8.83. The smallest absolute Gasteiger partial charge is 0.374 e. The van der Waals surface area contributed by atoms with Crippen molar-refractivity contribution >= 4 is 22.6 Å². The van der Waals surface area contributed by atoms with Crippen LogP contribution in [0.3, 0.4) is 0 Å². The maximum atomic E-state index is 11.8. The van der Waals surface area contributed by atoms with E-state index in [1.54, 1.807) is 34.3 Å². The minimum atomic E-state index is -0.462. The van der Waals surface area contributed by atoms with Gasteiger partial charge in [0.15, 0.2) is 11.5 Å². The maximum absolute atomic E-state index is 11.8. The van der Waals surface area contributed by atoms with E-state index in [0.717, 1.165) is 16.6 Å². The first-order valence-corrected chi connectivity index (χ1v) is 8.83. The Balaban J connectivity index is 1.79. The van der Waals surface area contributed by atoms with E-state index >= 15 is 0 Å². The highest BCUT2D eigenvalue weighted by Gasteiger charge is 2.15. The summed E-state index contributed by atoms with van der Waals surface area (Å²) in [6, 6.07) is 11.1. The summed E-state index contributed by atoms with van der Waals surface area (Å²) >= 11 is 0. The molecule has 0 fully saturated rings. The Bertz CT molecular complexity index is 953. The van der Waals surface area contributed by atoms with Crippen LogP contribution >= 0.6 is 0 Å². The molecule has 0 atom stereocenters. The number of carbonyl (C=O) groups is 1. The number of nitrogens with one attached hydrogen (secondary N) is 1. The summed E-state index contributed by atoms with van der Waals surface area (Å²) in [5, 5.41) is 4.18. The van der Waals surface area contributed by atoms with Crippen LogP contribution in [-0.4, -0.2) is 33.9 Å². The van der Waals surface area contributed by atoms with Crippen molar-refractivity contribution in [3.63, 3.8) is 0 Å². The zero-order valence-electron chi connectivity index (χ0n) is 16.3. The van der Waals surface area contributed by atoms with E-state index in [9.17, 15) is 4.79 Å². The summed E-state index contributed by atoms with van der Waals surface area (Å²) in [5.74, 6) is 1.44. The number of hydrogen-bond donors (Lipinski definition) is 1. The monoisotopic (exact) mass is 385 g/mol. The van der Waals surface area contributed by atoms with Gasteiger partial charge in [-0.1, -0.05) is 6.07 Å². The van der Waals surface area contributed by atoms with Gasteiger partial charge in [0, 0.05) is 29.8 Å². The second-order valence-electron chi connectivity index (χ2n) is 5.97. The average molecular weight is 385 g/mol. The van der Waals surface area contributed by atoms with Gasteiger partial charge in [0.25, 0.3) is 0 Å². The summed E-state index contributed by atoms with van der Waals surface area (Å²) in [6.45, 7) is 2.63. The van der Waals surface area contributed by atoms with E-state index in [2.05, 4.69) is 5.32 Å². The molecule has 0 aliphatic rings. The number of ether oxygens (including phenoxy) is 4. The second kappa shape index (κ2) is 8.56. The molecule has 3 rings (SSSR count). The molecule has 1 aromatic heterocycles. The predicted molar refractivity (Wildman–Crippen MR) is 106 cm³/mol. The lowest BCUT2D eigenvalue weighted by molar-refractivity contribution is 0.0492. The molecule has 0 aliphatic heterocycles. The van der Waals surface area contributed by atoms with E-state index < -0.39 is 5.97 Å². The van der Waals surface area contributed by atoms with Crippen LogP contribution in [0.25, 0.3) is 11.0 Å². The molecule has 3 aromatic rings. The number of anilines is 1. The standard InChI is InChI=1S/C21H23NO6/c1-5-27-21(23)19-9-14-8-13(6-7-16(14)28-19)12-22-15-10-17(24-2)20(26-4)18(11-15)25-3/h6-11,22H,5,12H2,1-4H3. The van der Waals surface area contributed by atoms with Gasteiger partial charge in [-0.25, -0.2) is 4.79 Å². The van der Waals surface area contributed by atoms with Crippen LogP contribution in [0.4, 0.5) is 5.69 Å². The van der Waals surface area contributed by atoms with E-state index in [1.807, 2.05) is 30.3 Å². The number of rotatable bonds is 8. The molecular formula is C21H23NO6. The maximum Gasteiger partial charge on any atom is 0.374 e. The lowest BCUT2D eigenvalue weighted by Crippen LogP contribution is -2.02. The number of methoxy groups -OCH3 is 3. The fourth-order valence-electron chi connectivity index (χ4n) is 2.89. The van der Waals surface area contributed by atoms with Crippen LogP contribution in [0.5, 0.6) is 17.2 Å². The average Bonchev–Trinajstić information content (AvgIpc) is 3.15. The third kappa shape index (κ3) is 3.98. The molecule has 0 bridgehead atoms. The highest BCUT2D eigenvalue weighted by atomic mass is 16.5. The molecule has 0 radical (unpaired) electrons. The molecule has 7 heteroatoms. The number of carbonyl (C=O) groups excluding carboxylic acids is 1. The van der Waals surface area contributed by atoms with Crippen LogP contribution in [0, 0.1) is 0 Å². The van der Waals surface area contributed by atoms with Crippen molar-refractivity contribution in [3.8, 4) is 17.2 Å². The zero-order valence-corrected chi connectivity index (χ0v) is 16.3. The first-order chi connectivity index (χ1) is 13.6. The Hall–Kier alpha value is -3.35. The van der Waals surface area contributed by atoms with E-state index in [-0.39, 0.29) is 5.76 Å². The Labute approximate surface area is 163 Å². The molecule has 0 spiro atoms. The fraction of sp³-hybridized carbons (Fsp3) is 0.286. The van der Waals surface area contributed by atoms with Gasteiger partial charge in [0.2, 0.25) is 11.5 Å². The fourth-order valence-corrected chi connectivity index (χ4v) is 2.89. The van der Waals surface area contributed by atoms with Crippen molar-refractivity contribution in [3.05, 3.63) is 47.7 Å². The first kappa shape index (κ1) is 19.4. The predicted octanol–water partition coefficient (Wildman–Crippen LogP) is 4.25. The van der Waals surface area contributed by atoms with Crippen molar-refractivity contribution < 1.29 is 28.2 Å². The molecule has 2 aromatic carbocycles. The van der Waals surface area contributed by atoms with Gasteiger partial charge in [-0.3, -0.25) is 0 Å². The molecular weight excluding hydrogens is 362 g/mol. The third-order valence-corrected chi connectivity index (χ3v) is 4.22. The van der Waals surface area contributed by atoms with Crippen molar-refractivity contribution in [2.45, 2.75) is 13.5 Å².